The van der Waals surface area contributed by atoms with Gasteiger partial charge in [0.15, 0.2) is 0 Å². The fourth-order valence-electron chi connectivity index (χ4n) is 3.29. The Kier molecular flexibility index (Phi) is 5.94. The van der Waals surface area contributed by atoms with Crippen molar-refractivity contribution in [3.63, 3.8) is 0 Å². The molecule has 3 rings (SSSR count). The van der Waals surface area contributed by atoms with E-state index in [-0.39, 0.29) is 11.9 Å². The van der Waals surface area contributed by atoms with Gasteiger partial charge in [0.05, 0.1) is 5.69 Å². The molecule has 1 N–H and O–H groups in total. The third kappa shape index (κ3) is 4.97. The van der Waals surface area contributed by atoms with Crippen molar-refractivity contribution in [1.29, 1.82) is 0 Å². The van der Waals surface area contributed by atoms with Gasteiger partial charge in [-0.3, -0.25) is 4.79 Å². The zero-order valence-corrected chi connectivity index (χ0v) is 16.7. The van der Waals surface area contributed by atoms with Gasteiger partial charge in [0, 0.05) is 31.1 Å². The summed E-state index contributed by atoms with van der Waals surface area (Å²) in [5.41, 5.74) is 4.04. The lowest BCUT2D eigenvalue weighted by atomic mass is 10.0. The average Bonchev–Trinajstić information content (AvgIpc) is 2.61. The quantitative estimate of drug-likeness (QED) is 0.792. The van der Waals surface area contributed by atoms with Crippen LogP contribution in [-0.4, -0.2) is 22.7 Å². The first-order valence-corrected chi connectivity index (χ1v) is 9.72. The number of hydrogen-bond acceptors (Lipinski definition) is 3. The van der Waals surface area contributed by atoms with Gasteiger partial charge in [-0.05, 0) is 43.0 Å². The summed E-state index contributed by atoms with van der Waals surface area (Å²) in [6, 6.07) is 16.5. The largest absolute Gasteiger partial charge is 0.351 e. The molecule has 0 aliphatic carbocycles. The average molecular weight is 364 g/mol. The smallest absolute Gasteiger partial charge is 0.251 e. The number of rotatable bonds is 6. The van der Waals surface area contributed by atoms with E-state index in [1.54, 1.807) is 0 Å². The van der Waals surface area contributed by atoms with E-state index < -0.39 is 0 Å². The van der Waals surface area contributed by atoms with Crippen LogP contribution in [0.25, 0.3) is 0 Å². The molecule has 2 aromatic carbocycles. The van der Waals surface area contributed by atoms with Gasteiger partial charge in [0.25, 0.3) is 5.91 Å². The van der Waals surface area contributed by atoms with E-state index in [0.717, 1.165) is 31.0 Å². The second-order valence-electron chi connectivity index (χ2n) is 7.94. The lowest BCUT2D eigenvalue weighted by Crippen LogP contribution is -2.33. The number of fused-ring (bicyclic) bond motifs is 1. The topological polar surface area (TPSA) is 44.7 Å². The van der Waals surface area contributed by atoms with Crippen LogP contribution in [0.4, 0.5) is 5.69 Å². The van der Waals surface area contributed by atoms with Crippen molar-refractivity contribution >= 4 is 17.4 Å². The first-order valence-electron chi connectivity index (χ1n) is 9.72. The van der Waals surface area contributed by atoms with Crippen molar-refractivity contribution in [1.82, 2.24) is 10.2 Å². The molecule has 1 amide bonds. The zero-order valence-electron chi connectivity index (χ0n) is 16.7. The summed E-state index contributed by atoms with van der Waals surface area (Å²) in [6.07, 6.45) is 0.925. The Hall–Kier alpha value is -2.62. The molecular weight excluding hydrogens is 334 g/mol. The number of nitrogens with one attached hydrogen (secondary N) is 1. The van der Waals surface area contributed by atoms with Gasteiger partial charge >= 0.3 is 0 Å². The van der Waals surface area contributed by atoms with E-state index in [1.165, 1.54) is 11.1 Å². The highest BCUT2D eigenvalue weighted by Gasteiger charge is 2.22. The highest BCUT2D eigenvalue weighted by molar-refractivity contribution is 5.96. The van der Waals surface area contributed by atoms with Crippen molar-refractivity contribution in [2.24, 2.45) is 10.9 Å². The molecule has 0 aromatic heterocycles. The maximum Gasteiger partial charge on any atom is 0.251 e. The van der Waals surface area contributed by atoms with Crippen LogP contribution in [0.5, 0.6) is 0 Å². The van der Waals surface area contributed by atoms with Gasteiger partial charge in [-0.15, -0.1) is 0 Å². The van der Waals surface area contributed by atoms with Gasteiger partial charge in [-0.1, -0.05) is 50.2 Å². The zero-order chi connectivity index (χ0) is 19.4. The summed E-state index contributed by atoms with van der Waals surface area (Å²) in [5.74, 6) is 1.58. The predicted octanol–water partition coefficient (Wildman–Crippen LogP) is 4.92. The molecule has 1 aliphatic rings. The van der Waals surface area contributed by atoms with Crippen molar-refractivity contribution in [3.8, 4) is 0 Å². The van der Waals surface area contributed by atoms with Crippen LogP contribution in [0, 0.1) is 5.92 Å². The summed E-state index contributed by atoms with van der Waals surface area (Å²) in [5, 5.41) is 2.95. The van der Waals surface area contributed by atoms with Crippen LogP contribution in [0.3, 0.4) is 0 Å². The molecule has 0 atom stereocenters. The highest BCUT2D eigenvalue weighted by Crippen LogP contribution is 2.30. The Morgan fingerprint density at radius 2 is 1.85 bits per heavy atom. The summed E-state index contributed by atoms with van der Waals surface area (Å²) in [4.78, 5) is 19.6. The van der Waals surface area contributed by atoms with Gasteiger partial charge in [-0.2, -0.15) is 0 Å². The van der Waals surface area contributed by atoms with E-state index in [9.17, 15) is 4.79 Å². The highest BCUT2D eigenvalue weighted by atomic mass is 16.1. The lowest BCUT2D eigenvalue weighted by Gasteiger charge is -2.32. The van der Waals surface area contributed by atoms with Gasteiger partial charge in [0.2, 0.25) is 0 Å². The summed E-state index contributed by atoms with van der Waals surface area (Å²) < 4.78 is 0. The molecule has 0 bridgehead atoms. The van der Waals surface area contributed by atoms with Crippen molar-refractivity contribution in [2.45, 2.75) is 53.2 Å². The first-order chi connectivity index (χ1) is 12.9. The van der Waals surface area contributed by atoms with E-state index >= 15 is 0 Å². The van der Waals surface area contributed by atoms with Crippen molar-refractivity contribution < 1.29 is 4.79 Å². The maximum atomic E-state index is 12.3. The molecule has 2 aromatic rings. The molecule has 1 heterocycles. The molecule has 0 spiro atoms. The van der Waals surface area contributed by atoms with E-state index in [0.29, 0.717) is 11.5 Å². The number of hydrogen-bond donors (Lipinski definition) is 1. The summed E-state index contributed by atoms with van der Waals surface area (Å²) >= 11 is 0. The minimum absolute atomic E-state index is 0.0416. The van der Waals surface area contributed by atoms with Crippen LogP contribution in [0.2, 0.25) is 0 Å². The lowest BCUT2D eigenvalue weighted by molar-refractivity contribution is 0.0943. The fraction of sp³-hybridized carbons (Fsp3) is 0.391. The Morgan fingerprint density at radius 1 is 1.11 bits per heavy atom. The second-order valence-corrected chi connectivity index (χ2v) is 7.94. The van der Waals surface area contributed by atoms with E-state index in [1.807, 2.05) is 38.1 Å². The third-order valence-corrected chi connectivity index (χ3v) is 4.55. The van der Waals surface area contributed by atoms with Crippen LogP contribution in [0.15, 0.2) is 53.5 Å². The monoisotopic (exact) mass is 363 g/mol. The third-order valence-electron chi connectivity index (χ3n) is 4.55. The molecule has 0 unspecified atom stereocenters. The standard InChI is InChI=1S/C23H29N3O/c1-16(2)12-22-25-21-13-19(23(27)24-17(3)4)10-11-20(21)15-26(22)14-18-8-6-5-7-9-18/h5-11,13,16-17H,12,14-15H2,1-4H3,(H,24,27). The number of benzene rings is 2. The first kappa shape index (κ1) is 19.2. The molecule has 1 aliphatic heterocycles. The predicted molar refractivity (Wildman–Crippen MR) is 111 cm³/mol. The molecule has 27 heavy (non-hydrogen) atoms. The summed E-state index contributed by atoms with van der Waals surface area (Å²) in [7, 11) is 0. The molecule has 0 saturated heterocycles. The van der Waals surface area contributed by atoms with Crippen LogP contribution < -0.4 is 5.32 Å². The Labute approximate surface area is 162 Å². The minimum atomic E-state index is -0.0416. The fourth-order valence-corrected chi connectivity index (χ4v) is 3.29. The Bertz CT molecular complexity index is 825. The van der Waals surface area contributed by atoms with Gasteiger partial charge in [0.1, 0.15) is 5.84 Å². The Balaban J connectivity index is 1.88. The van der Waals surface area contributed by atoms with Crippen LogP contribution in [-0.2, 0) is 13.1 Å². The number of carbonyl (C=O) groups excluding carboxylic acids is 1. The molecular formula is C23H29N3O. The van der Waals surface area contributed by atoms with E-state index in [2.05, 4.69) is 48.3 Å². The van der Waals surface area contributed by atoms with Crippen molar-refractivity contribution in [3.05, 3.63) is 65.2 Å². The number of nitrogens with zero attached hydrogens (tertiary/aromatic N) is 2. The maximum absolute atomic E-state index is 12.3. The molecule has 4 nitrogen and oxygen atoms in total. The molecule has 0 saturated carbocycles. The molecule has 4 heteroatoms. The minimum Gasteiger partial charge on any atom is -0.351 e. The van der Waals surface area contributed by atoms with Crippen LogP contribution >= 0.6 is 0 Å². The number of aliphatic imine (C=N–C) groups is 1. The SMILES string of the molecule is CC(C)CC1=Nc2cc(C(=O)NC(C)C)ccc2CN1Cc1ccccc1. The van der Waals surface area contributed by atoms with E-state index in [4.69, 9.17) is 4.99 Å². The number of amides is 1. The summed E-state index contributed by atoms with van der Waals surface area (Å²) in [6.45, 7) is 10.0. The Morgan fingerprint density at radius 3 is 2.52 bits per heavy atom. The molecule has 0 fully saturated rings. The number of carbonyl (C=O) groups is 1. The molecule has 142 valence electrons. The van der Waals surface area contributed by atoms with Gasteiger partial charge in [-0.25, -0.2) is 4.99 Å². The van der Waals surface area contributed by atoms with Gasteiger partial charge < -0.3 is 10.2 Å². The normalized spacial score (nSPS) is 13.6. The van der Waals surface area contributed by atoms with Crippen LogP contribution in [0.1, 0.15) is 55.6 Å². The second kappa shape index (κ2) is 8.38. The molecule has 0 radical (unpaired) electrons. The number of amidine groups is 1. The van der Waals surface area contributed by atoms with Crippen molar-refractivity contribution in [2.75, 3.05) is 0 Å².